The van der Waals surface area contributed by atoms with Crippen LogP contribution in [0, 0.1) is 11.3 Å². The first-order valence-electron chi connectivity index (χ1n) is 4.62. The highest BCUT2D eigenvalue weighted by molar-refractivity contribution is 6.35. The van der Waals surface area contributed by atoms with Crippen molar-refractivity contribution in [1.29, 1.82) is 5.26 Å². The molecule has 0 radical (unpaired) electrons. The third-order valence-corrected chi connectivity index (χ3v) is 3.38. The zero-order valence-corrected chi connectivity index (χ0v) is 9.39. The molecule has 78 valence electrons. The number of rotatable bonds is 1. The van der Waals surface area contributed by atoms with E-state index >= 15 is 0 Å². The lowest BCUT2D eigenvalue weighted by atomic mass is 9.64. The Balaban J connectivity index is 2.41. The summed E-state index contributed by atoms with van der Waals surface area (Å²) in [5.41, 5.74) is 0.141. The molecule has 0 aliphatic heterocycles. The Bertz CT molecular complexity index is 433. The summed E-state index contributed by atoms with van der Waals surface area (Å²) < 4.78 is 0. The highest BCUT2D eigenvalue weighted by atomic mass is 35.5. The number of aliphatic hydroxyl groups is 1. The summed E-state index contributed by atoms with van der Waals surface area (Å²) in [5, 5.41) is 19.5. The number of nitrogens with zero attached hydrogens (tertiary/aromatic N) is 1. The first-order valence-corrected chi connectivity index (χ1v) is 5.38. The molecule has 1 saturated carbocycles. The van der Waals surface area contributed by atoms with Crippen LogP contribution in [0.4, 0.5) is 0 Å². The summed E-state index contributed by atoms with van der Waals surface area (Å²) in [7, 11) is 0. The largest absolute Gasteiger partial charge is 0.393 e. The molecule has 1 aliphatic rings. The van der Waals surface area contributed by atoms with Gasteiger partial charge in [-0.25, -0.2) is 0 Å². The predicted molar refractivity (Wildman–Crippen MR) is 59.0 cm³/mol. The van der Waals surface area contributed by atoms with E-state index in [9.17, 15) is 5.11 Å². The van der Waals surface area contributed by atoms with Crippen LogP contribution in [-0.2, 0) is 5.41 Å². The number of aliphatic hydroxyl groups excluding tert-OH is 1. The molecule has 1 aromatic carbocycles. The van der Waals surface area contributed by atoms with Crippen LogP contribution in [0.1, 0.15) is 18.4 Å². The van der Waals surface area contributed by atoms with E-state index in [2.05, 4.69) is 6.07 Å². The highest BCUT2D eigenvalue weighted by Gasteiger charge is 2.46. The van der Waals surface area contributed by atoms with Crippen molar-refractivity contribution in [3.63, 3.8) is 0 Å². The summed E-state index contributed by atoms with van der Waals surface area (Å²) in [4.78, 5) is 0. The van der Waals surface area contributed by atoms with Crippen LogP contribution < -0.4 is 0 Å². The van der Waals surface area contributed by atoms with Gasteiger partial charge in [0.15, 0.2) is 0 Å². The monoisotopic (exact) mass is 241 g/mol. The van der Waals surface area contributed by atoms with Gasteiger partial charge in [0, 0.05) is 10.0 Å². The van der Waals surface area contributed by atoms with Gasteiger partial charge >= 0.3 is 0 Å². The van der Waals surface area contributed by atoms with E-state index in [0.717, 1.165) is 5.56 Å². The molecular weight excluding hydrogens is 233 g/mol. The van der Waals surface area contributed by atoms with E-state index in [0.29, 0.717) is 22.9 Å². The molecule has 2 nitrogen and oxygen atoms in total. The summed E-state index contributed by atoms with van der Waals surface area (Å²) in [6.45, 7) is 0. The SMILES string of the molecule is N#CC1(c2ccc(Cl)cc2Cl)CC(O)C1. The van der Waals surface area contributed by atoms with Crippen molar-refractivity contribution in [2.24, 2.45) is 0 Å². The van der Waals surface area contributed by atoms with E-state index in [4.69, 9.17) is 28.5 Å². The first-order chi connectivity index (χ1) is 7.07. The van der Waals surface area contributed by atoms with Crippen molar-refractivity contribution in [1.82, 2.24) is 0 Å². The van der Waals surface area contributed by atoms with Crippen molar-refractivity contribution in [3.05, 3.63) is 33.8 Å². The van der Waals surface area contributed by atoms with Crippen LogP contribution in [0.15, 0.2) is 18.2 Å². The third kappa shape index (κ3) is 1.72. The molecule has 0 heterocycles. The van der Waals surface area contributed by atoms with Crippen LogP contribution in [-0.4, -0.2) is 11.2 Å². The average molecular weight is 242 g/mol. The highest BCUT2D eigenvalue weighted by Crippen LogP contribution is 2.46. The average Bonchev–Trinajstić information content (AvgIpc) is 2.13. The molecule has 0 amide bonds. The van der Waals surface area contributed by atoms with E-state index in [1.165, 1.54) is 0 Å². The molecule has 15 heavy (non-hydrogen) atoms. The minimum atomic E-state index is -0.624. The zero-order valence-electron chi connectivity index (χ0n) is 7.87. The van der Waals surface area contributed by atoms with Gasteiger partial charge in [0.05, 0.1) is 17.6 Å². The van der Waals surface area contributed by atoms with Crippen LogP contribution in [0.2, 0.25) is 10.0 Å². The standard InChI is InChI=1S/C11H9Cl2NO/c12-7-1-2-9(10(13)3-7)11(6-14)4-8(15)5-11/h1-3,8,15H,4-5H2. The Labute approximate surface area is 98.0 Å². The molecule has 0 saturated heterocycles. The fourth-order valence-electron chi connectivity index (χ4n) is 1.99. The van der Waals surface area contributed by atoms with Crippen molar-refractivity contribution in [2.45, 2.75) is 24.4 Å². The van der Waals surface area contributed by atoms with Gasteiger partial charge in [-0.05, 0) is 30.5 Å². The van der Waals surface area contributed by atoms with Crippen LogP contribution >= 0.6 is 23.2 Å². The van der Waals surface area contributed by atoms with E-state index in [-0.39, 0.29) is 0 Å². The molecule has 0 spiro atoms. The van der Waals surface area contributed by atoms with Crippen molar-refractivity contribution in [3.8, 4) is 6.07 Å². The maximum atomic E-state index is 9.30. The molecule has 2 rings (SSSR count). The minimum absolute atomic E-state index is 0.392. The second-order valence-electron chi connectivity index (χ2n) is 3.88. The molecular formula is C11H9Cl2NO. The minimum Gasteiger partial charge on any atom is -0.393 e. The predicted octanol–water partition coefficient (Wildman–Crippen LogP) is 2.91. The zero-order chi connectivity index (χ0) is 11.1. The van der Waals surface area contributed by atoms with Gasteiger partial charge in [-0.1, -0.05) is 29.3 Å². The van der Waals surface area contributed by atoms with Gasteiger partial charge in [0.1, 0.15) is 0 Å². The Kier molecular flexibility index (Phi) is 2.64. The van der Waals surface area contributed by atoms with Crippen molar-refractivity contribution < 1.29 is 5.11 Å². The number of hydrogen-bond donors (Lipinski definition) is 1. The van der Waals surface area contributed by atoms with Gasteiger partial charge in [0.2, 0.25) is 0 Å². The maximum Gasteiger partial charge on any atom is 0.0885 e. The van der Waals surface area contributed by atoms with Crippen molar-refractivity contribution >= 4 is 23.2 Å². The van der Waals surface area contributed by atoms with Gasteiger partial charge in [-0.15, -0.1) is 0 Å². The molecule has 4 heteroatoms. The molecule has 1 N–H and O–H groups in total. The molecule has 0 unspecified atom stereocenters. The summed E-state index contributed by atoms with van der Waals surface area (Å²) in [6, 6.07) is 7.34. The van der Waals surface area contributed by atoms with Gasteiger partial charge in [0.25, 0.3) is 0 Å². The first kappa shape index (κ1) is 10.8. The summed E-state index contributed by atoms with van der Waals surface area (Å²) >= 11 is 11.8. The lowest BCUT2D eigenvalue weighted by Crippen LogP contribution is -2.43. The molecule has 1 aromatic rings. The van der Waals surface area contributed by atoms with Gasteiger partial charge < -0.3 is 5.11 Å². The van der Waals surface area contributed by atoms with E-state index in [1.807, 2.05) is 0 Å². The Morgan fingerprint density at radius 1 is 1.40 bits per heavy atom. The fraction of sp³-hybridized carbons (Fsp3) is 0.364. The number of hydrogen-bond acceptors (Lipinski definition) is 2. The van der Waals surface area contributed by atoms with Crippen LogP contribution in [0.3, 0.4) is 0 Å². The van der Waals surface area contributed by atoms with Crippen LogP contribution in [0.25, 0.3) is 0 Å². The van der Waals surface area contributed by atoms with Gasteiger partial charge in [-0.3, -0.25) is 0 Å². The third-order valence-electron chi connectivity index (χ3n) is 2.83. The maximum absolute atomic E-state index is 9.30. The van der Waals surface area contributed by atoms with E-state index in [1.54, 1.807) is 18.2 Å². The topological polar surface area (TPSA) is 44.0 Å². The summed E-state index contributed by atoms with van der Waals surface area (Å²) in [6.07, 6.45) is 0.506. The molecule has 0 aromatic heterocycles. The molecule has 0 atom stereocenters. The van der Waals surface area contributed by atoms with E-state index < -0.39 is 11.5 Å². The number of benzene rings is 1. The molecule has 0 bridgehead atoms. The quantitative estimate of drug-likeness (QED) is 0.822. The smallest absolute Gasteiger partial charge is 0.0885 e. The second kappa shape index (κ2) is 3.68. The Morgan fingerprint density at radius 3 is 2.53 bits per heavy atom. The van der Waals surface area contributed by atoms with Crippen molar-refractivity contribution in [2.75, 3.05) is 0 Å². The van der Waals surface area contributed by atoms with Gasteiger partial charge in [-0.2, -0.15) is 5.26 Å². The molecule has 1 fully saturated rings. The number of nitriles is 1. The number of halogens is 2. The normalized spacial score (nSPS) is 29.3. The Hall–Kier alpha value is -0.750. The van der Waals surface area contributed by atoms with Crippen LogP contribution in [0.5, 0.6) is 0 Å². The second-order valence-corrected chi connectivity index (χ2v) is 4.72. The fourth-order valence-corrected chi connectivity index (χ4v) is 2.58. The Morgan fingerprint density at radius 2 is 2.07 bits per heavy atom. The summed E-state index contributed by atoms with van der Waals surface area (Å²) in [5.74, 6) is 0. The lowest BCUT2D eigenvalue weighted by molar-refractivity contribution is 0.0448. The lowest BCUT2D eigenvalue weighted by Gasteiger charge is -2.40. The molecule has 1 aliphatic carbocycles.